The van der Waals surface area contributed by atoms with E-state index in [4.69, 9.17) is 25.8 Å². The number of hydrogen-bond donors (Lipinski definition) is 4. The Hall–Kier alpha value is -1.55. The quantitative estimate of drug-likeness (QED) is 0.418. The number of ether oxygens (including phenoxy) is 1. The molecular weight excluding hydrogens is 232 g/mol. The Labute approximate surface area is 96.1 Å². The van der Waals surface area contributed by atoms with Gasteiger partial charge in [0.25, 0.3) is 0 Å². The molecular formula is C8H14N4O5. The molecule has 0 fully saturated rings. The van der Waals surface area contributed by atoms with Crippen LogP contribution in [0.25, 0.3) is 0 Å². The van der Waals surface area contributed by atoms with Crippen LogP contribution in [0.5, 0.6) is 0 Å². The number of nitrogens with zero attached hydrogens (tertiary/aromatic N) is 3. The van der Waals surface area contributed by atoms with Crippen molar-refractivity contribution in [2.75, 3.05) is 25.6 Å². The Balaban J connectivity index is 2.89. The van der Waals surface area contributed by atoms with E-state index in [0.29, 0.717) is 0 Å². The molecule has 0 aliphatic carbocycles. The maximum absolute atomic E-state index is 11.4. The average molecular weight is 246 g/mol. The minimum Gasteiger partial charge on any atom is -0.394 e. The summed E-state index contributed by atoms with van der Waals surface area (Å²) in [6, 6.07) is 0. The van der Waals surface area contributed by atoms with Gasteiger partial charge in [-0.15, -0.1) is 0 Å². The van der Waals surface area contributed by atoms with Crippen LogP contribution in [0, 0.1) is 0 Å². The monoisotopic (exact) mass is 246 g/mol. The number of aliphatic hydroxyl groups is 3. The molecule has 17 heavy (non-hydrogen) atoms. The zero-order valence-electron chi connectivity index (χ0n) is 8.93. The Morgan fingerprint density at radius 1 is 1.35 bits per heavy atom. The first-order valence-corrected chi connectivity index (χ1v) is 4.81. The number of rotatable bonds is 6. The highest BCUT2D eigenvalue weighted by atomic mass is 16.5. The van der Waals surface area contributed by atoms with Crippen molar-refractivity contribution in [3.8, 4) is 0 Å². The van der Waals surface area contributed by atoms with Gasteiger partial charge in [0, 0.05) is 0 Å². The lowest BCUT2D eigenvalue weighted by Crippen LogP contribution is -2.36. The molecule has 0 aliphatic rings. The van der Waals surface area contributed by atoms with Gasteiger partial charge in [-0.2, -0.15) is 14.8 Å². The maximum Gasteiger partial charge on any atom is 0.368 e. The van der Waals surface area contributed by atoms with Crippen molar-refractivity contribution in [2.24, 2.45) is 0 Å². The van der Waals surface area contributed by atoms with Crippen LogP contribution in [-0.4, -0.2) is 56.0 Å². The highest BCUT2D eigenvalue weighted by Crippen LogP contribution is 2.06. The summed E-state index contributed by atoms with van der Waals surface area (Å²) in [6.07, 6.45) is -0.932. The second-order valence-corrected chi connectivity index (χ2v) is 3.17. The van der Waals surface area contributed by atoms with E-state index in [1.165, 1.54) is 0 Å². The third-order valence-electron chi connectivity index (χ3n) is 1.92. The summed E-state index contributed by atoms with van der Waals surface area (Å²) in [4.78, 5) is 14.8. The van der Waals surface area contributed by atoms with Crippen molar-refractivity contribution >= 4 is 5.82 Å². The number of aromatic nitrogens is 3. The maximum atomic E-state index is 11.4. The summed E-state index contributed by atoms with van der Waals surface area (Å²) in [5.41, 5.74) is 4.46. The Morgan fingerprint density at radius 2 is 2.00 bits per heavy atom. The predicted molar refractivity (Wildman–Crippen MR) is 55.9 cm³/mol. The van der Waals surface area contributed by atoms with Gasteiger partial charge in [-0.05, 0) is 0 Å². The normalized spacial score (nSPS) is 12.9. The molecule has 0 saturated carbocycles. The molecule has 1 aromatic rings. The minimum atomic E-state index is -1.14. The highest BCUT2D eigenvalue weighted by molar-refractivity contribution is 5.19. The lowest BCUT2D eigenvalue weighted by atomic mass is 10.4. The smallest absolute Gasteiger partial charge is 0.368 e. The Morgan fingerprint density at radius 3 is 2.47 bits per heavy atom. The van der Waals surface area contributed by atoms with E-state index in [-0.39, 0.29) is 5.82 Å². The molecule has 96 valence electrons. The summed E-state index contributed by atoms with van der Waals surface area (Å²) in [5.74, 6) is -0.0520. The van der Waals surface area contributed by atoms with Gasteiger partial charge in [-0.1, -0.05) is 0 Å². The molecule has 0 saturated heterocycles. The van der Waals surface area contributed by atoms with Crippen LogP contribution < -0.4 is 11.4 Å². The van der Waals surface area contributed by atoms with Crippen LogP contribution >= 0.6 is 0 Å². The molecule has 1 atom stereocenters. The van der Waals surface area contributed by atoms with Crippen molar-refractivity contribution in [2.45, 2.75) is 12.3 Å². The fourth-order valence-electron chi connectivity index (χ4n) is 1.10. The van der Waals surface area contributed by atoms with Gasteiger partial charge in [0.15, 0.2) is 6.23 Å². The molecule has 5 N–H and O–H groups in total. The van der Waals surface area contributed by atoms with Gasteiger partial charge >= 0.3 is 5.69 Å². The Kier molecular flexibility index (Phi) is 4.97. The summed E-state index contributed by atoms with van der Waals surface area (Å²) in [5, 5.41) is 30.3. The van der Waals surface area contributed by atoms with Gasteiger partial charge in [-0.25, -0.2) is 4.79 Å². The van der Waals surface area contributed by atoms with Crippen molar-refractivity contribution in [1.82, 2.24) is 14.8 Å². The minimum absolute atomic E-state index is 0.0520. The first-order chi connectivity index (χ1) is 8.12. The summed E-state index contributed by atoms with van der Waals surface area (Å²) >= 11 is 0. The fraction of sp³-hybridized carbons (Fsp3) is 0.625. The number of nitrogen functional groups attached to an aromatic ring is 1. The third-order valence-corrected chi connectivity index (χ3v) is 1.92. The molecule has 1 heterocycles. The van der Waals surface area contributed by atoms with Crippen LogP contribution in [0.1, 0.15) is 6.23 Å². The van der Waals surface area contributed by atoms with Crippen LogP contribution in [0.15, 0.2) is 11.0 Å². The molecule has 0 aliphatic heterocycles. The van der Waals surface area contributed by atoms with Crippen molar-refractivity contribution < 1.29 is 20.1 Å². The molecule has 0 radical (unpaired) electrons. The van der Waals surface area contributed by atoms with Gasteiger partial charge < -0.3 is 25.8 Å². The first-order valence-electron chi connectivity index (χ1n) is 4.81. The Bertz CT molecular complexity index is 405. The fourth-order valence-corrected chi connectivity index (χ4v) is 1.10. The van der Waals surface area contributed by atoms with E-state index < -0.39 is 37.8 Å². The molecule has 0 bridgehead atoms. The predicted octanol–water partition coefficient (Wildman–Crippen LogP) is -2.92. The van der Waals surface area contributed by atoms with Gasteiger partial charge in [-0.3, -0.25) is 0 Å². The molecule has 0 amide bonds. The summed E-state index contributed by atoms with van der Waals surface area (Å²) in [7, 11) is 0. The lowest BCUT2D eigenvalue weighted by molar-refractivity contribution is -0.118. The second-order valence-electron chi connectivity index (χ2n) is 3.17. The van der Waals surface area contributed by atoms with Crippen molar-refractivity contribution in [3.05, 3.63) is 16.7 Å². The number of anilines is 1. The molecule has 0 aromatic carbocycles. The van der Waals surface area contributed by atoms with E-state index >= 15 is 0 Å². The standard InChI is InChI=1S/C8H14N4O5/c9-6-1-10-12(8(16)11-6)7(4-15)17-5(2-13)3-14/h1,5,7,13-15H,2-4H2,(H2,9,11,16). The van der Waals surface area contributed by atoms with E-state index in [0.717, 1.165) is 10.9 Å². The average Bonchev–Trinajstić information content (AvgIpc) is 2.32. The largest absolute Gasteiger partial charge is 0.394 e. The van der Waals surface area contributed by atoms with Crippen LogP contribution in [0.3, 0.4) is 0 Å². The molecule has 1 rings (SSSR count). The van der Waals surface area contributed by atoms with E-state index in [9.17, 15) is 4.79 Å². The van der Waals surface area contributed by atoms with Gasteiger partial charge in [0.05, 0.1) is 26.0 Å². The lowest BCUT2D eigenvalue weighted by Gasteiger charge is -2.21. The highest BCUT2D eigenvalue weighted by Gasteiger charge is 2.19. The third kappa shape index (κ3) is 3.46. The van der Waals surface area contributed by atoms with Gasteiger partial charge in [0.1, 0.15) is 11.9 Å². The molecule has 9 nitrogen and oxygen atoms in total. The van der Waals surface area contributed by atoms with Crippen LogP contribution in [-0.2, 0) is 4.74 Å². The van der Waals surface area contributed by atoms with E-state index in [1.54, 1.807) is 0 Å². The number of hydrogen-bond acceptors (Lipinski definition) is 8. The molecule has 0 spiro atoms. The van der Waals surface area contributed by atoms with E-state index in [2.05, 4.69) is 10.1 Å². The van der Waals surface area contributed by atoms with Crippen molar-refractivity contribution in [1.29, 1.82) is 0 Å². The summed E-state index contributed by atoms with van der Waals surface area (Å²) < 4.78 is 5.85. The SMILES string of the molecule is Nc1cnn(C(CO)OC(CO)CO)c(=O)n1. The zero-order chi connectivity index (χ0) is 12.8. The first kappa shape index (κ1) is 13.5. The van der Waals surface area contributed by atoms with Crippen LogP contribution in [0.2, 0.25) is 0 Å². The van der Waals surface area contributed by atoms with Crippen LogP contribution in [0.4, 0.5) is 5.82 Å². The molecule has 9 heteroatoms. The van der Waals surface area contributed by atoms with E-state index in [1.807, 2.05) is 0 Å². The number of nitrogens with two attached hydrogens (primary N) is 1. The molecule has 1 unspecified atom stereocenters. The second kappa shape index (κ2) is 6.25. The zero-order valence-corrected chi connectivity index (χ0v) is 8.93. The van der Waals surface area contributed by atoms with Crippen molar-refractivity contribution in [3.63, 3.8) is 0 Å². The number of aliphatic hydroxyl groups excluding tert-OH is 3. The van der Waals surface area contributed by atoms with Gasteiger partial charge in [0.2, 0.25) is 0 Å². The molecule has 1 aromatic heterocycles. The summed E-state index contributed by atoms with van der Waals surface area (Å²) in [6.45, 7) is -1.47. The topological polar surface area (TPSA) is 144 Å².